The highest BCUT2D eigenvalue weighted by Gasteiger charge is 2.36. The molecule has 2 atom stereocenters. The Morgan fingerprint density at radius 3 is 2.83 bits per heavy atom. The van der Waals surface area contributed by atoms with E-state index in [1.54, 1.807) is 10.9 Å². The minimum Gasteiger partial charge on any atom is -0.494 e. The molecule has 1 aliphatic heterocycles. The fourth-order valence-electron chi connectivity index (χ4n) is 5.06. The lowest BCUT2D eigenvalue weighted by Gasteiger charge is -2.36. The molecule has 1 aliphatic carbocycles. The molecule has 3 aromatic heterocycles. The van der Waals surface area contributed by atoms with Gasteiger partial charge >= 0.3 is 0 Å². The van der Waals surface area contributed by atoms with Gasteiger partial charge in [-0.25, -0.2) is 18.7 Å². The molecule has 10 nitrogen and oxygen atoms in total. The lowest BCUT2D eigenvalue weighted by molar-refractivity contribution is -0.0498. The van der Waals surface area contributed by atoms with Crippen molar-refractivity contribution in [3.63, 3.8) is 0 Å². The number of hydrogen-bond donors (Lipinski definition) is 2. The van der Waals surface area contributed by atoms with Crippen molar-refractivity contribution < 1.29 is 18.6 Å². The normalized spacial score (nSPS) is 22.0. The van der Waals surface area contributed by atoms with E-state index in [0.29, 0.717) is 35.5 Å². The van der Waals surface area contributed by atoms with Crippen LogP contribution in [-0.2, 0) is 6.54 Å². The summed E-state index contributed by atoms with van der Waals surface area (Å²) in [6.07, 6.45) is 5.26. The van der Waals surface area contributed by atoms with E-state index in [1.165, 1.54) is 23.8 Å². The number of aromatic nitrogens is 6. The summed E-state index contributed by atoms with van der Waals surface area (Å²) in [6, 6.07) is 2.76. The highest BCUT2D eigenvalue weighted by Crippen LogP contribution is 2.35. The summed E-state index contributed by atoms with van der Waals surface area (Å²) >= 11 is 0. The molecule has 4 aromatic rings. The third kappa shape index (κ3) is 3.81. The summed E-state index contributed by atoms with van der Waals surface area (Å²) in [5.41, 5.74) is 6.98. The minimum atomic E-state index is -1.09. The second kappa shape index (κ2) is 8.01. The number of hydrogen-bond acceptors (Lipinski definition) is 8. The monoisotopic (exact) mass is 484 g/mol. The van der Waals surface area contributed by atoms with Gasteiger partial charge in [-0.1, -0.05) is 0 Å². The maximum absolute atomic E-state index is 14.8. The summed E-state index contributed by atoms with van der Waals surface area (Å²) in [5, 5.41) is 19.8. The molecule has 2 aliphatic rings. The Bertz CT molecular complexity index is 1420. The molecule has 1 saturated heterocycles. The van der Waals surface area contributed by atoms with Gasteiger partial charge < -0.3 is 20.5 Å². The number of anilines is 2. The van der Waals surface area contributed by atoms with Crippen LogP contribution in [-0.4, -0.2) is 66.4 Å². The largest absolute Gasteiger partial charge is 0.494 e. The maximum Gasteiger partial charge on any atom is 0.223 e. The number of ether oxygens (including phenoxy) is 1. The third-order valence-electron chi connectivity index (χ3n) is 7.08. The second-order valence-electron chi connectivity index (χ2n) is 9.59. The van der Waals surface area contributed by atoms with E-state index in [0.717, 1.165) is 24.9 Å². The predicted octanol–water partition coefficient (Wildman–Crippen LogP) is 2.45. The first-order valence-electron chi connectivity index (χ1n) is 11.7. The van der Waals surface area contributed by atoms with E-state index >= 15 is 0 Å². The van der Waals surface area contributed by atoms with E-state index in [1.807, 2.05) is 11.1 Å². The van der Waals surface area contributed by atoms with Crippen LogP contribution in [0.25, 0.3) is 16.6 Å². The molecule has 0 spiro atoms. The van der Waals surface area contributed by atoms with Gasteiger partial charge in [0.1, 0.15) is 6.17 Å². The zero-order valence-electron chi connectivity index (χ0n) is 19.2. The Kier molecular flexibility index (Phi) is 5.02. The van der Waals surface area contributed by atoms with Crippen molar-refractivity contribution in [1.29, 1.82) is 0 Å². The number of nitrogen functional groups attached to an aromatic ring is 1. The fraction of sp³-hybridized carbons (Fsp3) is 0.478. The smallest absolute Gasteiger partial charge is 0.223 e. The molecule has 4 heterocycles. The molecule has 35 heavy (non-hydrogen) atoms. The maximum atomic E-state index is 14.8. The van der Waals surface area contributed by atoms with Crippen LogP contribution in [0.5, 0.6) is 5.75 Å². The molecule has 1 saturated carbocycles. The molecule has 0 bridgehead atoms. The molecule has 1 aromatic carbocycles. The van der Waals surface area contributed by atoms with E-state index < -0.39 is 17.6 Å². The van der Waals surface area contributed by atoms with Gasteiger partial charge in [0.25, 0.3) is 0 Å². The van der Waals surface area contributed by atoms with Crippen molar-refractivity contribution in [2.24, 2.45) is 0 Å². The number of fused-ring (bicyclic) bond motifs is 3. The van der Waals surface area contributed by atoms with Crippen molar-refractivity contribution in [2.75, 3.05) is 30.8 Å². The average Bonchev–Trinajstić information content (AvgIpc) is 3.46. The molecular weight excluding hydrogens is 458 g/mol. The lowest BCUT2D eigenvalue weighted by Crippen LogP contribution is -2.41. The Balaban J connectivity index is 1.31. The Morgan fingerprint density at radius 2 is 2.09 bits per heavy atom. The standard InChI is InChI=1S/C23H26F2N8O2/c1-35-19-7-18-16(6-17(19)25)21-29-20(30-33(21)22(26)28-18)13-5-14(24)10-31(9-13)15-8-27-32(11-15)12-23(34)3-2-4-23/h6-8,11,13-14,34H,2-5,9-10,12H2,1H3,(H2,26,28). The predicted molar refractivity (Wildman–Crippen MR) is 125 cm³/mol. The lowest BCUT2D eigenvalue weighted by atomic mass is 9.80. The number of alkyl halides is 1. The Labute approximate surface area is 199 Å². The summed E-state index contributed by atoms with van der Waals surface area (Å²) in [6.45, 7) is 1.15. The van der Waals surface area contributed by atoms with Crippen molar-refractivity contribution in [3.8, 4) is 5.75 Å². The summed E-state index contributed by atoms with van der Waals surface area (Å²) in [5.74, 6) is -0.281. The Morgan fingerprint density at radius 1 is 1.26 bits per heavy atom. The van der Waals surface area contributed by atoms with Crippen molar-refractivity contribution in [3.05, 3.63) is 36.2 Å². The van der Waals surface area contributed by atoms with Gasteiger partial charge in [0, 0.05) is 36.7 Å². The van der Waals surface area contributed by atoms with Crippen LogP contribution in [0.1, 0.15) is 37.4 Å². The number of nitrogens with zero attached hydrogens (tertiary/aromatic N) is 7. The molecule has 184 valence electrons. The fourth-order valence-corrected chi connectivity index (χ4v) is 5.06. The first-order chi connectivity index (χ1) is 16.8. The summed E-state index contributed by atoms with van der Waals surface area (Å²) < 4.78 is 37.4. The van der Waals surface area contributed by atoms with Gasteiger partial charge in [-0.2, -0.15) is 9.61 Å². The summed E-state index contributed by atoms with van der Waals surface area (Å²) in [4.78, 5) is 10.9. The highest BCUT2D eigenvalue weighted by molar-refractivity contribution is 5.93. The summed E-state index contributed by atoms with van der Waals surface area (Å²) in [7, 11) is 1.38. The van der Waals surface area contributed by atoms with Crippen LogP contribution < -0.4 is 15.4 Å². The van der Waals surface area contributed by atoms with E-state index in [4.69, 9.17) is 10.5 Å². The van der Waals surface area contributed by atoms with Crippen molar-refractivity contribution >= 4 is 28.2 Å². The molecule has 0 radical (unpaired) electrons. The van der Waals surface area contributed by atoms with Crippen LogP contribution in [0, 0.1) is 5.82 Å². The van der Waals surface area contributed by atoms with Gasteiger partial charge in [0.2, 0.25) is 5.95 Å². The number of halogens is 2. The Hall–Kier alpha value is -3.54. The number of rotatable bonds is 5. The SMILES string of the molecule is COc1cc2nc(N)n3nc(C4CC(F)CN(c5cnn(CC6(O)CCC6)c5)C4)nc3c2cc1F. The van der Waals surface area contributed by atoms with Gasteiger partial charge in [-0.3, -0.25) is 4.68 Å². The molecule has 0 amide bonds. The van der Waals surface area contributed by atoms with E-state index in [-0.39, 0.29) is 30.6 Å². The average molecular weight is 485 g/mol. The first-order valence-corrected chi connectivity index (χ1v) is 11.7. The van der Waals surface area contributed by atoms with Crippen LogP contribution in [0.15, 0.2) is 24.5 Å². The number of aliphatic hydroxyl groups is 1. The van der Waals surface area contributed by atoms with Crippen molar-refractivity contribution in [2.45, 2.75) is 49.9 Å². The van der Waals surface area contributed by atoms with E-state index in [2.05, 4.69) is 20.2 Å². The van der Waals surface area contributed by atoms with Gasteiger partial charge in [0.05, 0.1) is 36.7 Å². The third-order valence-corrected chi connectivity index (χ3v) is 7.08. The first kappa shape index (κ1) is 22.0. The molecular formula is C23H26F2N8O2. The zero-order valence-corrected chi connectivity index (χ0v) is 19.2. The van der Waals surface area contributed by atoms with Crippen LogP contribution in [0.4, 0.5) is 20.4 Å². The number of piperidine rings is 1. The minimum absolute atomic E-state index is 0.0571. The van der Waals surface area contributed by atoms with Crippen LogP contribution in [0.2, 0.25) is 0 Å². The quantitative estimate of drug-likeness (QED) is 0.443. The molecule has 2 fully saturated rings. The molecule has 3 N–H and O–H groups in total. The number of nitrogens with two attached hydrogens (primary N) is 1. The molecule has 6 rings (SSSR count). The van der Waals surface area contributed by atoms with Crippen molar-refractivity contribution in [1.82, 2.24) is 29.4 Å². The number of methoxy groups -OCH3 is 1. The van der Waals surface area contributed by atoms with E-state index in [9.17, 15) is 13.9 Å². The molecule has 12 heteroatoms. The van der Waals surface area contributed by atoms with Gasteiger partial charge in [0.15, 0.2) is 23.0 Å². The highest BCUT2D eigenvalue weighted by atomic mass is 19.1. The number of benzene rings is 1. The second-order valence-corrected chi connectivity index (χ2v) is 9.59. The topological polar surface area (TPSA) is 120 Å². The van der Waals surface area contributed by atoms with Gasteiger partial charge in [-0.15, -0.1) is 5.10 Å². The van der Waals surface area contributed by atoms with Gasteiger partial charge in [-0.05, 0) is 31.7 Å². The van der Waals surface area contributed by atoms with Crippen LogP contribution >= 0.6 is 0 Å². The zero-order chi connectivity index (χ0) is 24.3. The molecule has 2 unspecified atom stereocenters. The van der Waals surface area contributed by atoms with Crippen LogP contribution in [0.3, 0.4) is 0 Å².